The van der Waals surface area contributed by atoms with Crippen molar-refractivity contribution in [2.45, 2.75) is 12.0 Å². The van der Waals surface area contributed by atoms with Crippen molar-refractivity contribution in [2.75, 3.05) is 6.54 Å². The van der Waals surface area contributed by atoms with Crippen molar-refractivity contribution in [2.24, 2.45) is 5.73 Å². The van der Waals surface area contributed by atoms with E-state index in [1.54, 1.807) is 42.5 Å². The highest BCUT2D eigenvalue weighted by Gasteiger charge is 2.25. The van der Waals surface area contributed by atoms with Crippen molar-refractivity contribution in [1.29, 1.82) is 0 Å². The Morgan fingerprint density at radius 1 is 1.00 bits per heavy atom. The number of benzene rings is 2. The first-order valence-electron chi connectivity index (χ1n) is 6.12. The molecule has 0 aromatic heterocycles. The molecule has 0 saturated carbocycles. The minimum Gasteiger partial charge on any atom is -0.388 e. The summed E-state index contributed by atoms with van der Waals surface area (Å²) in [7, 11) is 0. The van der Waals surface area contributed by atoms with E-state index in [4.69, 9.17) is 40.5 Å². The summed E-state index contributed by atoms with van der Waals surface area (Å²) in [4.78, 5) is 0. The van der Waals surface area contributed by atoms with Crippen molar-refractivity contribution in [3.05, 3.63) is 68.7 Å². The monoisotopic (exact) mass is 329 g/mol. The molecule has 20 heavy (non-hydrogen) atoms. The highest BCUT2D eigenvalue weighted by Crippen LogP contribution is 2.38. The van der Waals surface area contributed by atoms with Gasteiger partial charge < -0.3 is 10.8 Å². The Hall–Kier alpha value is -0.770. The van der Waals surface area contributed by atoms with E-state index in [1.807, 2.05) is 0 Å². The number of aliphatic hydroxyl groups is 1. The van der Waals surface area contributed by atoms with E-state index < -0.39 is 12.0 Å². The molecule has 2 aromatic carbocycles. The zero-order valence-electron chi connectivity index (χ0n) is 10.6. The summed E-state index contributed by atoms with van der Waals surface area (Å²) in [6.45, 7) is 0.219. The Morgan fingerprint density at radius 3 is 2.15 bits per heavy atom. The van der Waals surface area contributed by atoms with Crippen LogP contribution in [0.2, 0.25) is 15.1 Å². The van der Waals surface area contributed by atoms with Crippen LogP contribution in [0.3, 0.4) is 0 Å². The maximum Gasteiger partial charge on any atom is 0.0872 e. The Kier molecular flexibility index (Phi) is 5.30. The summed E-state index contributed by atoms with van der Waals surface area (Å²) >= 11 is 18.3. The normalized spacial score (nSPS) is 14.1. The summed E-state index contributed by atoms with van der Waals surface area (Å²) in [5.74, 6) is -0.394. The van der Waals surface area contributed by atoms with Crippen LogP contribution in [-0.2, 0) is 0 Å². The van der Waals surface area contributed by atoms with Crippen LogP contribution in [0.25, 0.3) is 0 Å². The highest BCUT2D eigenvalue weighted by molar-refractivity contribution is 6.36. The van der Waals surface area contributed by atoms with Crippen molar-refractivity contribution in [1.82, 2.24) is 0 Å². The minimum atomic E-state index is -0.823. The predicted octanol–water partition coefficient (Wildman–Crippen LogP) is 4.42. The summed E-state index contributed by atoms with van der Waals surface area (Å²) in [6.07, 6.45) is -0.823. The molecule has 0 fully saturated rings. The Labute approximate surface area is 133 Å². The van der Waals surface area contributed by atoms with Gasteiger partial charge in [-0.05, 0) is 35.4 Å². The summed E-state index contributed by atoms with van der Waals surface area (Å²) < 4.78 is 0. The van der Waals surface area contributed by atoms with Gasteiger partial charge in [0.2, 0.25) is 0 Å². The predicted molar refractivity (Wildman–Crippen MR) is 84.7 cm³/mol. The standard InChI is InChI=1S/C15H14Cl3NO/c16-10-4-1-3-9(7-10)15(20)11(8-19)14-12(17)5-2-6-13(14)18/h1-7,11,15,20H,8,19H2. The lowest BCUT2D eigenvalue weighted by atomic mass is 9.89. The lowest BCUT2D eigenvalue weighted by Gasteiger charge is -2.24. The fourth-order valence-electron chi connectivity index (χ4n) is 2.19. The molecule has 0 amide bonds. The van der Waals surface area contributed by atoms with E-state index >= 15 is 0 Å². The van der Waals surface area contributed by atoms with Crippen LogP contribution in [0.4, 0.5) is 0 Å². The molecule has 0 aliphatic heterocycles. The summed E-state index contributed by atoms with van der Waals surface area (Å²) in [6, 6.07) is 12.3. The number of rotatable bonds is 4. The molecule has 0 heterocycles. The van der Waals surface area contributed by atoms with Gasteiger partial charge in [0.05, 0.1) is 6.10 Å². The smallest absolute Gasteiger partial charge is 0.0872 e. The first-order chi connectivity index (χ1) is 9.54. The maximum atomic E-state index is 10.6. The van der Waals surface area contributed by atoms with Gasteiger partial charge in [0.25, 0.3) is 0 Å². The van der Waals surface area contributed by atoms with Crippen molar-refractivity contribution in [3.63, 3.8) is 0 Å². The molecule has 2 unspecified atom stereocenters. The fraction of sp³-hybridized carbons (Fsp3) is 0.200. The van der Waals surface area contributed by atoms with Gasteiger partial charge in [-0.15, -0.1) is 0 Å². The molecular formula is C15H14Cl3NO. The van der Waals surface area contributed by atoms with Crippen LogP contribution in [0, 0.1) is 0 Å². The molecule has 0 spiro atoms. The zero-order valence-corrected chi connectivity index (χ0v) is 12.8. The molecule has 0 saturated heterocycles. The average Bonchev–Trinajstić information content (AvgIpc) is 2.42. The molecule has 2 aromatic rings. The fourth-order valence-corrected chi connectivity index (χ4v) is 3.07. The molecule has 5 heteroatoms. The van der Waals surface area contributed by atoms with Gasteiger partial charge in [-0.2, -0.15) is 0 Å². The van der Waals surface area contributed by atoms with Gasteiger partial charge in [-0.1, -0.05) is 53.0 Å². The second-order valence-corrected chi connectivity index (χ2v) is 5.73. The third kappa shape index (κ3) is 3.27. The van der Waals surface area contributed by atoms with Gasteiger partial charge in [0.15, 0.2) is 0 Å². The Bertz CT molecular complexity index is 583. The third-order valence-corrected chi connectivity index (χ3v) is 4.09. The van der Waals surface area contributed by atoms with E-state index in [2.05, 4.69) is 0 Å². The molecular weight excluding hydrogens is 317 g/mol. The van der Waals surface area contributed by atoms with Crippen molar-refractivity contribution in [3.8, 4) is 0 Å². The molecule has 0 radical (unpaired) electrons. The van der Waals surface area contributed by atoms with Gasteiger partial charge in [-0.3, -0.25) is 0 Å². The van der Waals surface area contributed by atoms with E-state index in [0.717, 1.165) is 0 Å². The van der Waals surface area contributed by atoms with Crippen LogP contribution in [0.1, 0.15) is 23.1 Å². The first-order valence-corrected chi connectivity index (χ1v) is 7.25. The van der Waals surface area contributed by atoms with Crippen LogP contribution in [0.5, 0.6) is 0 Å². The topological polar surface area (TPSA) is 46.2 Å². The zero-order chi connectivity index (χ0) is 14.7. The van der Waals surface area contributed by atoms with Crippen LogP contribution in [-0.4, -0.2) is 11.7 Å². The summed E-state index contributed by atoms with van der Waals surface area (Å²) in [5.41, 5.74) is 7.15. The first kappa shape index (κ1) is 15.6. The van der Waals surface area contributed by atoms with E-state index in [-0.39, 0.29) is 6.54 Å². The molecule has 106 valence electrons. The number of halogens is 3. The van der Waals surface area contributed by atoms with Gasteiger partial charge >= 0.3 is 0 Å². The molecule has 2 nitrogen and oxygen atoms in total. The molecule has 2 rings (SSSR count). The largest absolute Gasteiger partial charge is 0.388 e. The number of aliphatic hydroxyl groups excluding tert-OH is 1. The molecule has 3 N–H and O–H groups in total. The van der Waals surface area contributed by atoms with Crippen LogP contribution >= 0.6 is 34.8 Å². The molecule has 0 bridgehead atoms. The number of hydrogen-bond acceptors (Lipinski definition) is 2. The van der Waals surface area contributed by atoms with Crippen molar-refractivity contribution >= 4 is 34.8 Å². The average molecular weight is 331 g/mol. The van der Waals surface area contributed by atoms with E-state index in [1.165, 1.54) is 0 Å². The minimum absolute atomic E-state index is 0.219. The Morgan fingerprint density at radius 2 is 1.60 bits per heavy atom. The second-order valence-electron chi connectivity index (χ2n) is 4.48. The lowest BCUT2D eigenvalue weighted by molar-refractivity contribution is 0.147. The number of hydrogen-bond donors (Lipinski definition) is 2. The molecule has 0 aliphatic carbocycles. The van der Waals surface area contributed by atoms with Crippen LogP contribution in [0.15, 0.2) is 42.5 Å². The van der Waals surface area contributed by atoms with Gasteiger partial charge in [-0.25, -0.2) is 0 Å². The molecule has 0 aliphatic rings. The maximum absolute atomic E-state index is 10.6. The van der Waals surface area contributed by atoms with Gasteiger partial charge in [0, 0.05) is 27.5 Å². The van der Waals surface area contributed by atoms with Gasteiger partial charge in [0.1, 0.15) is 0 Å². The SMILES string of the molecule is NCC(c1c(Cl)cccc1Cl)C(O)c1cccc(Cl)c1. The second kappa shape index (κ2) is 6.79. The van der Waals surface area contributed by atoms with Crippen molar-refractivity contribution < 1.29 is 5.11 Å². The summed E-state index contributed by atoms with van der Waals surface area (Å²) in [5, 5.41) is 12.1. The lowest BCUT2D eigenvalue weighted by Crippen LogP contribution is -2.21. The number of nitrogens with two attached hydrogens (primary N) is 1. The Balaban J connectivity index is 2.42. The third-order valence-electron chi connectivity index (χ3n) is 3.20. The van der Waals surface area contributed by atoms with E-state index in [0.29, 0.717) is 26.2 Å². The van der Waals surface area contributed by atoms with E-state index in [9.17, 15) is 5.11 Å². The highest BCUT2D eigenvalue weighted by atomic mass is 35.5. The van der Waals surface area contributed by atoms with Crippen LogP contribution < -0.4 is 5.73 Å². The molecule has 2 atom stereocenters. The quantitative estimate of drug-likeness (QED) is 0.871.